The van der Waals surface area contributed by atoms with Crippen LogP contribution in [0.3, 0.4) is 0 Å². The van der Waals surface area contributed by atoms with Gasteiger partial charge in [0.25, 0.3) is 0 Å². The van der Waals surface area contributed by atoms with Crippen LogP contribution in [0.25, 0.3) is 0 Å². The number of halogens is 3. The highest BCUT2D eigenvalue weighted by Crippen LogP contribution is 2.29. The van der Waals surface area contributed by atoms with Gasteiger partial charge in [0.1, 0.15) is 0 Å². The smallest absolute Gasteiger partial charge is 0.378 e. The molecule has 2 unspecified atom stereocenters. The summed E-state index contributed by atoms with van der Waals surface area (Å²) in [6, 6.07) is 2.13. The molecular formula is C13H18F3N3O. The average molecular weight is 289 g/mol. The van der Waals surface area contributed by atoms with Crippen LogP contribution in [-0.2, 0) is 10.9 Å². The summed E-state index contributed by atoms with van der Waals surface area (Å²) in [6.07, 6.45) is 0.277. The van der Waals surface area contributed by atoms with Gasteiger partial charge in [-0.25, -0.2) is 0 Å². The van der Waals surface area contributed by atoms with Crippen molar-refractivity contribution in [3.63, 3.8) is 0 Å². The van der Waals surface area contributed by atoms with Crippen molar-refractivity contribution < 1.29 is 17.9 Å². The molecule has 1 aliphatic heterocycles. The van der Waals surface area contributed by atoms with E-state index in [2.05, 4.69) is 10.4 Å². The van der Waals surface area contributed by atoms with Crippen LogP contribution in [0.15, 0.2) is 18.3 Å². The molecule has 20 heavy (non-hydrogen) atoms. The van der Waals surface area contributed by atoms with E-state index >= 15 is 0 Å². The molecule has 0 radical (unpaired) electrons. The zero-order valence-corrected chi connectivity index (χ0v) is 11.0. The van der Waals surface area contributed by atoms with E-state index in [1.54, 1.807) is 0 Å². The maximum Gasteiger partial charge on any atom is 0.417 e. The van der Waals surface area contributed by atoms with Crippen LogP contribution in [0.5, 0.6) is 0 Å². The van der Waals surface area contributed by atoms with Crippen LogP contribution in [-0.4, -0.2) is 17.7 Å². The first-order chi connectivity index (χ1) is 9.50. The number of hydrazine groups is 1. The molecular weight excluding hydrogens is 271 g/mol. The van der Waals surface area contributed by atoms with E-state index < -0.39 is 11.7 Å². The summed E-state index contributed by atoms with van der Waals surface area (Å²) >= 11 is 0. The molecule has 1 fully saturated rings. The van der Waals surface area contributed by atoms with E-state index in [9.17, 15) is 13.2 Å². The van der Waals surface area contributed by atoms with Gasteiger partial charge in [0.15, 0.2) is 0 Å². The van der Waals surface area contributed by atoms with E-state index in [-0.39, 0.29) is 12.1 Å². The second kappa shape index (κ2) is 6.51. The lowest BCUT2D eigenvalue weighted by atomic mass is 10.0. The second-order valence-corrected chi connectivity index (χ2v) is 4.90. The van der Waals surface area contributed by atoms with Crippen LogP contribution in [0, 0.1) is 0 Å². The number of nitrogens with zero attached hydrogens (tertiary/aromatic N) is 1. The van der Waals surface area contributed by atoms with Crippen LogP contribution >= 0.6 is 0 Å². The first-order valence-electron chi connectivity index (χ1n) is 6.61. The van der Waals surface area contributed by atoms with Gasteiger partial charge in [0.05, 0.1) is 23.4 Å². The summed E-state index contributed by atoms with van der Waals surface area (Å²) < 4.78 is 42.9. The molecule has 2 heterocycles. The van der Waals surface area contributed by atoms with Gasteiger partial charge < -0.3 is 4.74 Å². The van der Waals surface area contributed by atoms with E-state index in [4.69, 9.17) is 10.6 Å². The number of ether oxygens (including phenoxy) is 1. The second-order valence-electron chi connectivity index (χ2n) is 4.90. The summed E-state index contributed by atoms with van der Waals surface area (Å²) in [6.45, 7) is 0.782. The van der Waals surface area contributed by atoms with Gasteiger partial charge in [-0.15, -0.1) is 0 Å². The van der Waals surface area contributed by atoms with Crippen molar-refractivity contribution in [2.45, 2.75) is 44.0 Å². The highest BCUT2D eigenvalue weighted by Gasteiger charge is 2.31. The Morgan fingerprint density at radius 1 is 1.45 bits per heavy atom. The lowest BCUT2D eigenvalue weighted by molar-refractivity contribution is -0.137. The third-order valence-corrected chi connectivity index (χ3v) is 3.47. The predicted octanol–water partition coefficient (Wildman–Crippen LogP) is 2.56. The molecule has 1 aromatic rings. The van der Waals surface area contributed by atoms with Crippen molar-refractivity contribution in [2.24, 2.45) is 5.84 Å². The Kier molecular flexibility index (Phi) is 4.95. The minimum absolute atomic E-state index is 0.222. The molecule has 2 rings (SSSR count). The number of rotatable bonds is 5. The molecule has 0 spiro atoms. The normalized spacial score (nSPS) is 21.1. The monoisotopic (exact) mass is 289 g/mol. The highest BCUT2D eigenvalue weighted by atomic mass is 19.4. The standard InChI is InChI=1S/C13H18F3N3O/c14-13(15,16)9-3-5-11(18-8-9)12(19-17)6-4-10-2-1-7-20-10/h3,5,8,10,12,19H,1-2,4,6-7,17H2. The molecule has 0 saturated carbocycles. The molecule has 1 saturated heterocycles. The summed E-state index contributed by atoms with van der Waals surface area (Å²) in [5.41, 5.74) is 2.36. The number of pyridine rings is 1. The molecule has 3 N–H and O–H groups in total. The van der Waals surface area contributed by atoms with Gasteiger partial charge in [0.2, 0.25) is 0 Å². The summed E-state index contributed by atoms with van der Waals surface area (Å²) in [4.78, 5) is 3.86. The van der Waals surface area contributed by atoms with Crippen LogP contribution < -0.4 is 11.3 Å². The minimum Gasteiger partial charge on any atom is -0.378 e. The zero-order chi connectivity index (χ0) is 14.6. The molecule has 0 bridgehead atoms. The zero-order valence-electron chi connectivity index (χ0n) is 11.0. The fraction of sp³-hybridized carbons (Fsp3) is 0.615. The molecule has 0 aromatic carbocycles. The van der Waals surface area contributed by atoms with Crippen molar-refractivity contribution in [1.29, 1.82) is 0 Å². The van der Waals surface area contributed by atoms with Gasteiger partial charge in [-0.05, 0) is 37.8 Å². The third kappa shape index (κ3) is 3.91. The predicted molar refractivity (Wildman–Crippen MR) is 67.5 cm³/mol. The highest BCUT2D eigenvalue weighted by molar-refractivity contribution is 5.18. The van der Waals surface area contributed by atoms with Gasteiger partial charge in [0, 0.05) is 12.8 Å². The number of nitrogens with two attached hydrogens (primary N) is 1. The topological polar surface area (TPSA) is 60.2 Å². The SMILES string of the molecule is NNC(CCC1CCCO1)c1ccc(C(F)(F)F)cn1. The van der Waals surface area contributed by atoms with Crippen LogP contribution in [0.4, 0.5) is 13.2 Å². The van der Waals surface area contributed by atoms with Crippen LogP contribution in [0.1, 0.15) is 43.0 Å². The summed E-state index contributed by atoms with van der Waals surface area (Å²) in [5.74, 6) is 5.46. The Labute approximate surface area is 115 Å². The molecule has 2 atom stereocenters. The molecule has 7 heteroatoms. The Morgan fingerprint density at radius 3 is 2.75 bits per heavy atom. The molecule has 112 valence electrons. The van der Waals surface area contributed by atoms with Crippen LogP contribution in [0.2, 0.25) is 0 Å². The first-order valence-corrected chi connectivity index (χ1v) is 6.61. The van der Waals surface area contributed by atoms with Gasteiger partial charge in [-0.2, -0.15) is 13.2 Å². The number of hydrogen-bond donors (Lipinski definition) is 2. The number of hydrogen-bond acceptors (Lipinski definition) is 4. The largest absolute Gasteiger partial charge is 0.417 e. The van der Waals surface area contributed by atoms with E-state index in [0.29, 0.717) is 12.1 Å². The number of nitrogens with one attached hydrogen (secondary N) is 1. The lowest BCUT2D eigenvalue weighted by Crippen LogP contribution is -2.29. The maximum atomic E-state index is 12.5. The Hall–Kier alpha value is -1.18. The Morgan fingerprint density at radius 2 is 2.25 bits per heavy atom. The fourth-order valence-electron chi connectivity index (χ4n) is 2.32. The Balaban J connectivity index is 1.96. The van der Waals surface area contributed by atoms with E-state index in [1.807, 2.05) is 0 Å². The summed E-state index contributed by atoms with van der Waals surface area (Å²) in [7, 11) is 0. The number of aromatic nitrogens is 1. The molecule has 0 amide bonds. The van der Waals surface area contributed by atoms with Gasteiger partial charge in [-0.3, -0.25) is 16.3 Å². The maximum absolute atomic E-state index is 12.5. The van der Waals surface area contributed by atoms with Gasteiger partial charge >= 0.3 is 6.18 Å². The van der Waals surface area contributed by atoms with Crippen molar-refractivity contribution in [2.75, 3.05) is 6.61 Å². The fourth-order valence-corrected chi connectivity index (χ4v) is 2.32. The number of alkyl halides is 3. The average Bonchev–Trinajstić information content (AvgIpc) is 2.92. The minimum atomic E-state index is -4.37. The van der Waals surface area contributed by atoms with E-state index in [1.165, 1.54) is 6.07 Å². The molecule has 0 aliphatic carbocycles. The summed E-state index contributed by atoms with van der Waals surface area (Å²) in [5, 5.41) is 0. The van der Waals surface area contributed by atoms with Crippen molar-refractivity contribution in [1.82, 2.24) is 10.4 Å². The van der Waals surface area contributed by atoms with Crippen molar-refractivity contribution in [3.8, 4) is 0 Å². The van der Waals surface area contributed by atoms with Crippen molar-refractivity contribution >= 4 is 0 Å². The quantitative estimate of drug-likeness (QED) is 0.646. The Bertz CT molecular complexity index is 416. The van der Waals surface area contributed by atoms with E-state index in [0.717, 1.165) is 38.1 Å². The third-order valence-electron chi connectivity index (χ3n) is 3.47. The van der Waals surface area contributed by atoms with Crippen molar-refractivity contribution in [3.05, 3.63) is 29.6 Å². The molecule has 4 nitrogen and oxygen atoms in total. The molecule has 1 aromatic heterocycles. The van der Waals surface area contributed by atoms with Gasteiger partial charge in [-0.1, -0.05) is 0 Å². The first kappa shape index (κ1) is 15.2. The molecule has 1 aliphatic rings. The lowest BCUT2D eigenvalue weighted by Gasteiger charge is -2.18.